The summed E-state index contributed by atoms with van der Waals surface area (Å²) in [6, 6.07) is 10.1. The molecule has 2 aromatic carbocycles. The Morgan fingerprint density at radius 1 is 1.04 bits per heavy atom. The SMILES string of the molecule is COc1ccc(-c2oc(C(F)(F)F)nc2-c2ccc(S)cc2)cc1F. The molecule has 0 atom stereocenters. The Morgan fingerprint density at radius 2 is 1.68 bits per heavy atom. The maximum absolute atomic E-state index is 13.9. The van der Waals surface area contributed by atoms with E-state index >= 15 is 0 Å². The molecule has 0 unspecified atom stereocenters. The predicted molar refractivity (Wildman–Crippen MR) is 86.1 cm³/mol. The van der Waals surface area contributed by atoms with Crippen LogP contribution >= 0.6 is 12.6 Å². The molecule has 8 heteroatoms. The van der Waals surface area contributed by atoms with Gasteiger partial charge in [-0.1, -0.05) is 12.1 Å². The summed E-state index contributed by atoms with van der Waals surface area (Å²) in [5.74, 6) is -2.33. The second-order valence-electron chi connectivity index (χ2n) is 5.09. The van der Waals surface area contributed by atoms with Crippen molar-refractivity contribution in [3.8, 4) is 28.3 Å². The van der Waals surface area contributed by atoms with Gasteiger partial charge in [-0.2, -0.15) is 13.2 Å². The molecule has 3 nitrogen and oxygen atoms in total. The van der Waals surface area contributed by atoms with Crippen LogP contribution in [0, 0.1) is 5.82 Å². The molecule has 1 aromatic heterocycles. The highest BCUT2D eigenvalue weighted by Crippen LogP contribution is 2.39. The van der Waals surface area contributed by atoms with Crippen LogP contribution in [0.15, 0.2) is 51.8 Å². The van der Waals surface area contributed by atoms with E-state index in [1.165, 1.54) is 19.2 Å². The van der Waals surface area contributed by atoms with Crippen molar-refractivity contribution in [1.29, 1.82) is 0 Å². The van der Waals surface area contributed by atoms with Gasteiger partial charge in [0.2, 0.25) is 0 Å². The van der Waals surface area contributed by atoms with Gasteiger partial charge in [-0.05, 0) is 30.3 Å². The van der Waals surface area contributed by atoms with E-state index in [-0.39, 0.29) is 22.8 Å². The summed E-state index contributed by atoms with van der Waals surface area (Å²) in [4.78, 5) is 4.20. The molecule has 25 heavy (non-hydrogen) atoms. The number of alkyl halides is 3. The molecule has 0 bridgehead atoms. The number of methoxy groups -OCH3 is 1. The van der Waals surface area contributed by atoms with Crippen molar-refractivity contribution in [3.63, 3.8) is 0 Å². The third-order valence-electron chi connectivity index (χ3n) is 3.42. The Labute approximate surface area is 145 Å². The lowest BCUT2D eigenvalue weighted by Gasteiger charge is -2.05. The summed E-state index contributed by atoms with van der Waals surface area (Å²) < 4.78 is 62.7. The first-order chi connectivity index (χ1) is 11.8. The van der Waals surface area contributed by atoms with E-state index in [9.17, 15) is 17.6 Å². The van der Waals surface area contributed by atoms with Gasteiger partial charge in [-0.25, -0.2) is 9.37 Å². The van der Waals surface area contributed by atoms with Crippen LogP contribution in [-0.2, 0) is 6.18 Å². The Bertz CT molecular complexity index is 904. The van der Waals surface area contributed by atoms with Gasteiger partial charge in [-0.15, -0.1) is 12.6 Å². The van der Waals surface area contributed by atoms with Crippen LogP contribution in [0.5, 0.6) is 5.75 Å². The topological polar surface area (TPSA) is 35.3 Å². The van der Waals surface area contributed by atoms with Crippen molar-refractivity contribution in [3.05, 3.63) is 54.2 Å². The van der Waals surface area contributed by atoms with E-state index in [4.69, 9.17) is 9.15 Å². The lowest BCUT2D eigenvalue weighted by atomic mass is 10.1. The normalized spacial score (nSPS) is 11.6. The van der Waals surface area contributed by atoms with Gasteiger partial charge in [0.25, 0.3) is 0 Å². The first kappa shape index (κ1) is 17.3. The molecule has 0 fully saturated rings. The number of rotatable bonds is 3. The van der Waals surface area contributed by atoms with Crippen LogP contribution < -0.4 is 4.74 Å². The van der Waals surface area contributed by atoms with Gasteiger partial charge in [0, 0.05) is 16.0 Å². The fourth-order valence-corrected chi connectivity index (χ4v) is 2.41. The van der Waals surface area contributed by atoms with Gasteiger partial charge in [-0.3, -0.25) is 0 Å². The van der Waals surface area contributed by atoms with E-state index < -0.39 is 17.9 Å². The second-order valence-corrected chi connectivity index (χ2v) is 5.61. The lowest BCUT2D eigenvalue weighted by molar-refractivity contribution is -0.156. The highest BCUT2D eigenvalue weighted by molar-refractivity contribution is 7.80. The molecule has 3 rings (SSSR count). The smallest absolute Gasteiger partial charge is 0.468 e. The monoisotopic (exact) mass is 369 g/mol. The molecule has 0 saturated heterocycles. The maximum Gasteiger partial charge on any atom is 0.468 e. The van der Waals surface area contributed by atoms with E-state index in [2.05, 4.69) is 17.6 Å². The molecular formula is C17H11F4NO2S. The highest BCUT2D eigenvalue weighted by Gasteiger charge is 2.39. The van der Waals surface area contributed by atoms with Crippen LogP contribution in [0.4, 0.5) is 17.6 Å². The summed E-state index contributed by atoms with van der Waals surface area (Å²) in [6.45, 7) is 0. The summed E-state index contributed by atoms with van der Waals surface area (Å²) >= 11 is 4.14. The Hall–Kier alpha value is -2.48. The molecule has 0 spiro atoms. The zero-order valence-corrected chi connectivity index (χ0v) is 13.7. The number of thiol groups is 1. The van der Waals surface area contributed by atoms with Crippen LogP contribution in [0.2, 0.25) is 0 Å². The zero-order valence-electron chi connectivity index (χ0n) is 12.8. The van der Waals surface area contributed by atoms with Crippen LogP contribution in [-0.4, -0.2) is 12.1 Å². The molecule has 0 saturated carbocycles. The predicted octanol–water partition coefficient (Wildman–Crippen LogP) is 5.46. The molecule has 0 amide bonds. The lowest BCUT2D eigenvalue weighted by Crippen LogP contribution is -2.04. The van der Waals surface area contributed by atoms with Crippen molar-refractivity contribution >= 4 is 12.6 Å². The number of hydrogen-bond donors (Lipinski definition) is 1. The number of nitrogens with zero attached hydrogens (tertiary/aromatic N) is 1. The summed E-state index contributed by atoms with van der Waals surface area (Å²) in [6.07, 6.45) is -4.76. The molecule has 0 N–H and O–H groups in total. The summed E-state index contributed by atoms with van der Waals surface area (Å²) in [5.41, 5.74) is 0.472. The van der Waals surface area contributed by atoms with Gasteiger partial charge >= 0.3 is 12.1 Å². The molecular weight excluding hydrogens is 358 g/mol. The standard InChI is InChI=1S/C17H11F4NO2S/c1-23-13-7-4-10(8-12(13)18)15-14(9-2-5-11(25)6-3-9)22-16(24-15)17(19,20)21/h2-8,25H,1H3. The average Bonchev–Trinajstić information content (AvgIpc) is 3.01. The third-order valence-corrected chi connectivity index (χ3v) is 3.72. The van der Waals surface area contributed by atoms with E-state index in [1.54, 1.807) is 24.3 Å². The number of hydrogen-bond acceptors (Lipinski definition) is 4. The number of oxazole rings is 1. The van der Waals surface area contributed by atoms with Crippen LogP contribution in [0.1, 0.15) is 5.89 Å². The number of benzene rings is 2. The second kappa shape index (κ2) is 6.44. The van der Waals surface area contributed by atoms with Crippen molar-refractivity contribution in [2.75, 3.05) is 7.11 Å². The quantitative estimate of drug-likeness (QED) is 0.492. The van der Waals surface area contributed by atoms with Crippen molar-refractivity contribution in [2.24, 2.45) is 0 Å². The molecule has 130 valence electrons. The number of halogens is 4. The summed E-state index contributed by atoms with van der Waals surface area (Å²) in [7, 11) is 1.29. The van der Waals surface area contributed by atoms with E-state index in [0.717, 1.165) is 6.07 Å². The van der Waals surface area contributed by atoms with Gasteiger partial charge in [0.05, 0.1) is 7.11 Å². The van der Waals surface area contributed by atoms with Gasteiger partial charge in [0.15, 0.2) is 17.3 Å². The molecule has 3 aromatic rings. The first-order valence-electron chi connectivity index (χ1n) is 7.01. The minimum atomic E-state index is -4.76. The Kier molecular flexibility index (Phi) is 4.47. The van der Waals surface area contributed by atoms with Crippen molar-refractivity contribution in [1.82, 2.24) is 4.98 Å². The van der Waals surface area contributed by atoms with Crippen LogP contribution in [0.25, 0.3) is 22.6 Å². The molecule has 0 aliphatic heterocycles. The Balaban J connectivity index is 2.19. The Morgan fingerprint density at radius 3 is 2.24 bits per heavy atom. The molecule has 0 radical (unpaired) electrons. The highest BCUT2D eigenvalue weighted by atomic mass is 32.1. The molecule has 1 heterocycles. The largest absolute Gasteiger partial charge is 0.494 e. The zero-order chi connectivity index (χ0) is 18.2. The van der Waals surface area contributed by atoms with Gasteiger partial charge in [0.1, 0.15) is 5.69 Å². The maximum atomic E-state index is 13.9. The minimum Gasteiger partial charge on any atom is -0.494 e. The average molecular weight is 369 g/mol. The minimum absolute atomic E-state index is 0.0275. The fraction of sp³-hybridized carbons (Fsp3) is 0.118. The van der Waals surface area contributed by atoms with Crippen LogP contribution in [0.3, 0.4) is 0 Å². The summed E-state index contributed by atoms with van der Waals surface area (Å²) in [5, 5.41) is 0. The van der Waals surface area contributed by atoms with E-state index in [0.29, 0.717) is 10.5 Å². The van der Waals surface area contributed by atoms with Crippen molar-refractivity contribution < 1.29 is 26.7 Å². The van der Waals surface area contributed by atoms with Crippen molar-refractivity contribution in [2.45, 2.75) is 11.1 Å². The molecule has 0 aliphatic carbocycles. The number of ether oxygens (including phenoxy) is 1. The number of aromatic nitrogens is 1. The van der Waals surface area contributed by atoms with Gasteiger partial charge < -0.3 is 9.15 Å². The molecule has 0 aliphatic rings. The van der Waals surface area contributed by atoms with E-state index in [1.807, 2.05) is 0 Å². The fourth-order valence-electron chi connectivity index (χ4n) is 2.26. The first-order valence-corrected chi connectivity index (χ1v) is 7.45. The third kappa shape index (κ3) is 3.48.